The van der Waals surface area contributed by atoms with Crippen LogP contribution in [0.3, 0.4) is 0 Å². The molecule has 1 saturated heterocycles. The van der Waals surface area contributed by atoms with Crippen LogP contribution in [-0.2, 0) is 16.1 Å². The molecule has 0 aliphatic carbocycles. The second-order valence-corrected chi connectivity index (χ2v) is 9.52. The van der Waals surface area contributed by atoms with Crippen LogP contribution in [0.2, 0.25) is 0 Å². The van der Waals surface area contributed by atoms with E-state index in [9.17, 15) is 9.90 Å². The van der Waals surface area contributed by atoms with Crippen LogP contribution in [-0.4, -0.2) is 86.4 Å². The summed E-state index contributed by atoms with van der Waals surface area (Å²) in [5, 5.41) is 9.19. The molecule has 0 radical (unpaired) electrons. The Bertz CT molecular complexity index is 1470. The molecule has 5 heterocycles. The van der Waals surface area contributed by atoms with Gasteiger partial charge in [-0.2, -0.15) is 0 Å². The average Bonchev–Trinajstić information content (AvgIpc) is 3.35. The molecule has 11 nitrogen and oxygen atoms in total. The van der Waals surface area contributed by atoms with E-state index in [1.54, 1.807) is 24.4 Å². The molecule has 196 valence electrons. The molecule has 1 amide bonds. The minimum Gasteiger partial charge on any atom is -0.496 e. The first-order valence-electron chi connectivity index (χ1n) is 12.6. The Morgan fingerprint density at radius 1 is 1.13 bits per heavy atom. The first kappa shape index (κ1) is 24.3. The minimum atomic E-state index is -0.472. The molecule has 1 fully saturated rings. The Morgan fingerprint density at radius 3 is 2.71 bits per heavy atom. The van der Waals surface area contributed by atoms with Gasteiger partial charge >= 0.3 is 0 Å². The summed E-state index contributed by atoms with van der Waals surface area (Å²) < 4.78 is 13.7. The number of hydrogen-bond donors (Lipinski definition) is 1. The quantitative estimate of drug-likeness (QED) is 0.426. The van der Waals surface area contributed by atoms with Gasteiger partial charge < -0.3 is 28.9 Å². The van der Waals surface area contributed by atoms with Gasteiger partial charge in [-0.1, -0.05) is 18.2 Å². The summed E-state index contributed by atoms with van der Waals surface area (Å²) in [5.74, 6) is 1.97. The van der Waals surface area contributed by atoms with Crippen LogP contribution in [0.4, 0.5) is 5.95 Å². The zero-order chi connectivity index (χ0) is 26.2. The number of fused-ring (bicyclic) bond motifs is 3. The van der Waals surface area contributed by atoms with Crippen molar-refractivity contribution in [2.24, 2.45) is 0 Å². The molecule has 0 saturated carbocycles. The van der Waals surface area contributed by atoms with Crippen LogP contribution >= 0.6 is 0 Å². The second-order valence-electron chi connectivity index (χ2n) is 9.52. The van der Waals surface area contributed by atoms with Crippen molar-refractivity contribution in [1.82, 2.24) is 29.4 Å². The van der Waals surface area contributed by atoms with Gasteiger partial charge in [0.15, 0.2) is 5.65 Å². The molecule has 0 spiro atoms. The standard InChI is InChI=1S/C27H29N7O4/c1-17-13-32(9-10-33(17)25(36)14-35)27-28-11-18(12-29-27)20-7-8-21-26(31-20)34-22(15-38-16-24(34)30-21)19-5-3-4-6-23(19)37-2/h3-8,11-12,17,22,35H,9-10,13-16H2,1-2H3. The number of aromatic nitrogens is 5. The maximum Gasteiger partial charge on any atom is 0.248 e. The third-order valence-corrected chi connectivity index (χ3v) is 7.23. The zero-order valence-corrected chi connectivity index (χ0v) is 21.3. The number of para-hydroxylation sites is 1. The van der Waals surface area contributed by atoms with Gasteiger partial charge in [-0.25, -0.2) is 19.9 Å². The van der Waals surface area contributed by atoms with Gasteiger partial charge in [0.25, 0.3) is 0 Å². The van der Waals surface area contributed by atoms with Crippen molar-refractivity contribution in [2.45, 2.75) is 25.6 Å². The molecule has 6 rings (SSSR count). The van der Waals surface area contributed by atoms with E-state index in [4.69, 9.17) is 19.4 Å². The number of piperazine rings is 1. The average molecular weight is 516 g/mol. The maximum absolute atomic E-state index is 11.9. The minimum absolute atomic E-state index is 0.0380. The molecule has 2 aliphatic heterocycles. The number of anilines is 1. The van der Waals surface area contributed by atoms with Crippen LogP contribution in [0, 0.1) is 0 Å². The highest BCUT2D eigenvalue weighted by atomic mass is 16.5. The van der Waals surface area contributed by atoms with Gasteiger partial charge in [0.1, 0.15) is 30.3 Å². The molecule has 11 heteroatoms. The van der Waals surface area contributed by atoms with Gasteiger partial charge in [-0.05, 0) is 25.1 Å². The fourth-order valence-electron chi connectivity index (χ4n) is 5.34. The van der Waals surface area contributed by atoms with Crippen LogP contribution in [0.15, 0.2) is 48.8 Å². The van der Waals surface area contributed by atoms with Crippen LogP contribution in [0.5, 0.6) is 5.75 Å². The van der Waals surface area contributed by atoms with Crippen LogP contribution in [0.1, 0.15) is 24.4 Å². The maximum atomic E-state index is 11.9. The van der Waals surface area contributed by atoms with Gasteiger partial charge in [0.2, 0.25) is 11.9 Å². The summed E-state index contributed by atoms with van der Waals surface area (Å²) in [6, 6.07) is 11.7. The van der Waals surface area contributed by atoms with Crippen LogP contribution < -0.4 is 9.64 Å². The fraction of sp³-hybridized carbons (Fsp3) is 0.370. The number of aliphatic hydroxyl groups excluding tert-OH is 1. The summed E-state index contributed by atoms with van der Waals surface area (Å²) in [4.78, 5) is 34.6. The van der Waals surface area contributed by atoms with Crippen LogP contribution in [0.25, 0.3) is 22.4 Å². The number of methoxy groups -OCH3 is 1. The molecule has 38 heavy (non-hydrogen) atoms. The number of carbonyl (C=O) groups excluding carboxylic acids is 1. The molecule has 0 bridgehead atoms. The lowest BCUT2D eigenvalue weighted by atomic mass is 10.1. The lowest BCUT2D eigenvalue weighted by Gasteiger charge is -2.39. The third-order valence-electron chi connectivity index (χ3n) is 7.23. The topological polar surface area (TPSA) is 119 Å². The SMILES string of the molecule is COc1ccccc1C1COCc2nc3ccc(-c4cnc(N5CCN(C(=O)CO)C(C)C5)nc4)nc3n21. The Kier molecular flexibility index (Phi) is 6.38. The van der Waals surface area contributed by atoms with E-state index in [-0.39, 0.29) is 18.0 Å². The fourth-order valence-corrected chi connectivity index (χ4v) is 5.34. The lowest BCUT2D eigenvalue weighted by molar-refractivity contribution is -0.136. The number of aliphatic hydroxyl groups is 1. The Labute approximate surface area is 219 Å². The molecule has 1 N–H and O–H groups in total. The van der Waals surface area contributed by atoms with E-state index in [2.05, 4.69) is 19.4 Å². The summed E-state index contributed by atoms with van der Waals surface area (Å²) in [6.45, 7) is 4.14. The third kappa shape index (κ3) is 4.23. The number of carbonyl (C=O) groups is 1. The van der Waals surface area contributed by atoms with E-state index in [0.717, 1.165) is 39.6 Å². The highest BCUT2D eigenvalue weighted by Gasteiger charge is 2.29. The number of pyridine rings is 1. The Morgan fingerprint density at radius 2 is 1.95 bits per heavy atom. The lowest BCUT2D eigenvalue weighted by Crippen LogP contribution is -2.55. The van der Waals surface area contributed by atoms with Crippen molar-refractivity contribution in [3.05, 3.63) is 60.2 Å². The molecule has 2 atom stereocenters. The van der Waals surface area contributed by atoms with Crippen molar-refractivity contribution in [1.29, 1.82) is 0 Å². The predicted octanol–water partition coefficient (Wildman–Crippen LogP) is 2.05. The number of rotatable bonds is 5. The normalized spacial score (nSPS) is 19.4. The number of hydrogen-bond acceptors (Lipinski definition) is 9. The smallest absolute Gasteiger partial charge is 0.248 e. The number of imidazole rings is 1. The zero-order valence-electron chi connectivity index (χ0n) is 21.3. The molecule has 1 aromatic carbocycles. The van der Waals surface area contributed by atoms with Gasteiger partial charge in [0, 0.05) is 49.2 Å². The number of benzene rings is 1. The monoisotopic (exact) mass is 515 g/mol. The summed E-state index contributed by atoms with van der Waals surface area (Å²) in [6.07, 6.45) is 3.56. The Balaban J connectivity index is 1.29. The van der Waals surface area contributed by atoms with E-state index < -0.39 is 6.61 Å². The van der Waals surface area contributed by atoms with E-state index in [0.29, 0.717) is 38.8 Å². The summed E-state index contributed by atoms with van der Waals surface area (Å²) in [7, 11) is 1.67. The predicted molar refractivity (Wildman–Crippen MR) is 140 cm³/mol. The number of nitrogens with zero attached hydrogens (tertiary/aromatic N) is 7. The first-order valence-corrected chi connectivity index (χ1v) is 12.6. The van der Waals surface area contributed by atoms with Crippen molar-refractivity contribution in [3.8, 4) is 17.0 Å². The van der Waals surface area contributed by atoms with Crippen molar-refractivity contribution in [2.75, 3.05) is 44.9 Å². The molecule has 2 aliphatic rings. The van der Waals surface area contributed by atoms with Gasteiger partial charge in [-0.3, -0.25) is 4.79 Å². The van der Waals surface area contributed by atoms with Crippen molar-refractivity contribution >= 4 is 23.0 Å². The highest BCUT2D eigenvalue weighted by Crippen LogP contribution is 2.35. The molecular formula is C27H29N7O4. The van der Waals surface area contributed by atoms with E-state index in [1.807, 2.05) is 43.3 Å². The highest BCUT2D eigenvalue weighted by molar-refractivity contribution is 5.78. The summed E-state index contributed by atoms with van der Waals surface area (Å²) >= 11 is 0. The van der Waals surface area contributed by atoms with Gasteiger partial charge in [-0.15, -0.1) is 0 Å². The largest absolute Gasteiger partial charge is 0.496 e. The van der Waals surface area contributed by atoms with Crippen molar-refractivity contribution in [3.63, 3.8) is 0 Å². The Hall–Kier alpha value is -4.09. The molecular weight excluding hydrogens is 486 g/mol. The molecule has 4 aromatic rings. The van der Waals surface area contributed by atoms with E-state index in [1.165, 1.54) is 0 Å². The second kappa shape index (κ2) is 9.99. The van der Waals surface area contributed by atoms with Gasteiger partial charge in [0.05, 0.1) is 25.5 Å². The number of amides is 1. The summed E-state index contributed by atoms with van der Waals surface area (Å²) in [5.41, 5.74) is 4.15. The first-order chi connectivity index (χ1) is 18.6. The molecule has 3 aromatic heterocycles. The molecule has 2 unspecified atom stereocenters. The van der Waals surface area contributed by atoms with Crippen molar-refractivity contribution < 1.29 is 19.4 Å². The number of ether oxygens (including phenoxy) is 2. The van der Waals surface area contributed by atoms with E-state index >= 15 is 0 Å².